The molecule has 1 saturated heterocycles. The molecule has 2 aromatic heterocycles. The van der Waals surface area contributed by atoms with Crippen molar-refractivity contribution >= 4 is 45.2 Å². The second-order valence-corrected chi connectivity index (χ2v) is 11.4. The number of carbonyl (C=O) groups excluding carboxylic acids is 1. The third kappa shape index (κ3) is 5.51. The predicted octanol–water partition coefficient (Wildman–Crippen LogP) is 5.44. The SMILES string of the molecule is Cc1cccc2cnc(Nc3cc(C(=O)Nc4cccc(CN5CCN(C)CC5)c4)c4nc(C5CC5)[nH]c4c3)nc12. The first kappa shape index (κ1) is 25.6. The highest BCUT2D eigenvalue weighted by atomic mass is 16.1. The van der Waals surface area contributed by atoms with Crippen molar-refractivity contribution in [3.05, 3.63) is 83.3 Å². The average Bonchev–Trinajstić information content (AvgIpc) is 3.73. The summed E-state index contributed by atoms with van der Waals surface area (Å²) in [6, 6.07) is 18.0. The second kappa shape index (κ2) is 10.6. The molecule has 9 nitrogen and oxygen atoms in total. The molecule has 41 heavy (non-hydrogen) atoms. The second-order valence-electron chi connectivity index (χ2n) is 11.4. The summed E-state index contributed by atoms with van der Waals surface area (Å²) in [5.74, 6) is 1.67. The Bertz CT molecular complexity index is 1750. The molecule has 3 aromatic carbocycles. The third-order valence-corrected chi connectivity index (χ3v) is 8.07. The molecular weight excluding hydrogens is 512 g/mol. The van der Waals surface area contributed by atoms with Gasteiger partial charge in [0.05, 0.1) is 16.6 Å². The molecule has 9 heteroatoms. The Kier molecular flexibility index (Phi) is 6.60. The molecule has 3 N–H and O–H groups in total. The van der Waals surface area contributed by atoms with Crippen molar-refractivity contribution in [1.82, 2.24) is 29.7 Å². The Labute approximate surface area is 239 Å². The van der Waals surface area contributed by atoms with Crippen LogP contribution >= 0.6 is 0 Å². The van der Waals surface area contributed by atoms with Crippen LogP contribution < -0.4 is 10.6 Å². The number of nitrogens with zero attached hydrogens (tertiary/aromatic N) is 5. The van der Waals surface area contributed by atoms with E-state index < -0.39 is 0 Å². The Morgan fingerprint density at radius 2 is 1.80 bits per heavy atom. The maximum atomic E-state index is 13.7. The van der Waals surface area contributed by atoms with Crippen molar-refractivity contribution < 1.29 is 4.79 Å². The van der Waals surface area contributed by atoms with Crippen molar-refractivity contribution in [2.24, 2.45) is 0 Å². The lowest BCUT2D eigenvalue weighted by Crippen LogP contribution is -2.43. The smallest absolute Gasteiger partial charge is 0.258 e. The number of amides is 1. The molecule has 7 rings (SSSR count). The van der Waals surface area contributed by atoms with Crippen LogP contribution in [-0.4, -0.2) is 68.9 Å². The van der Waals surface area contributed by atoms with Crippen LogP contribution in [0.2, 0.25) is 0 Å². The number of piperazine rings is 1. The lowest BCUT2D eigenvalue weighted by atomic mass is 10.1. The van der Waals surface area contributed by atoms with Crippen LogP contribution in [0.5, 0.6) is 0 Å². The van der Waals surface area contributed by atoms with Crippen LogP contribution in [0.1, 0.15) is 46.1 Å². The first-order chi connectivity index (χ1) is 20.0. The number of benzene rings is 3. The largest absolute Gasteiger partial charge is 0.342 e. The topological polar surface area (TPSA) is 102 Å². The van der Waals surface area contributed by atoms with Gasteiger partial charge in [0.1, 0.15) is 11.3 Å². The number of anilines is 3. The maximum absolute atomic E-state index is 13.7. The fraction of sp³-hybridized carbons (Fsp3) is 0.312. The van der Waals surface area contributed by atoms with E-state index in [-0.39, 0.29) is 5.91 Å². The highest BCUT2D eigenvalue weighted by Gasteiger charge is 2.28. The molecule has 208 valence electrons. The zero-order valence-corrected chi connectivity index (χ0v) is 23.4. The van der Waals surface area contributed by atoms with E-state index in [0.29, 0.717) is 22.9 Å². The number of hydrogen-bond donors (Lipinski definition) is 3. The maximum Gasteiger partial charge on any atom is 0.258 e. The van der Waals surface area contributed by atoms with E-state index >= 15 is 0 Å². The van der Waals surface area contributed by atoms with Gasteiger partial charge >= 0.3 is 0 Å². The van der Waals surface area contributed by atoms with Gasteiger partial charge in [-0.15, -0.1) is 0 Å². The number of likely N-dealkylation sites (N-methyl/N-ethyl adjacent to an activating group) is 1. The highest BCUT2D eigenvalue weighted by Crippen LogP contribution is 2.40. The number of carbonyl (C=O) groups is 1. The number of rotatable bonds is 7. The molecule has 3 heterocycles. The molecule has 0 bridgehead atoms. The lowest BCUT2D eigenvalue weighted by Gasteiger charge is -2.32. The molecule has 2 aliphatic rings. The lowest BCUT2D eigenvalue weighted by molar-refractivity contribution is 0.102. The van der Waals surface area contributed by atoms with E-state index in [1.165, 1.54) is 5.56 Å². The Morgan fingerprint density at radius 1 is 0.976 bits per heavy atom. The summed E-state index contributed by atoms with van der Waals surface area (Å²) in [6.07, 6.45) is 4.06. The molecule has 1 saturated carbocycles. The predicted molar refractivity (Wildman–Crippen MR) is 163 cm³/mol. The summed E-state index contributed by atoms with van der Waals surface area (Å²) in [4.78, 5) is 36.1. The number of aromatic amines is 1. The van der Waals surface area contributed by atoms with Crippen molar-refractivity contribution in [1.29, 1.82) is 0 Å². The molecule has 0 spiro atoms. The van der Waals surface area contributed by atoms with Crippen molar-refractivity contribution in [2.45, 2.75) is 32.2 Å². The molecule has 1 amide bonds. The van der Waals surface area contributed by atoms with Gasteiger partial charge in [0.2, 0.25) is 5.95 Å². The summed E-state index contributed by atoms with van der Waals surface area (Å²) in [5, 5.41) is 7.45. The van der Waals surface area contributed by atoms with E-state index in [1.54, 1.807) is 0 Å². The van der Waals surface area contributed by atoms with E-state index in [4.69, 9.17) is 9.97 Å². The van der Waals surface area contributed by atoms with Gasteiger partial charge in [0.25, 0.3) is 5.91 Å². The first-order valence-corrected chi connectivity index (χ1v) is 14.3. The van der Waals surface area contributed by atoms with E-state index in [2.05, 4.69) is 49.6 Å². The molecule has 0 unspecified atom stereocenters. The number of para-hydroxylation sites is 1. The molecule has 2 fully saturated rings. The van der Waals surface area contributed by atoms with Gasteiger partial charge in [0, 0.05) is 61.6 Å². The number of hydrogen-bond acceptors (Lipinski definition) is 7. The van der Waals surface area contributed by atoms with E-state index in [1.807, 2.05) is 55.6 Å². The summed E-state index contributed by atoms with van der Waals surface area (Å²) >= 11 is 0. The number of aryl methyl sites for hydroxylation is 1. The first-order valence-electron chi connectivity index (χ1n) is 14.3. The molecular formula is C32H34N8O. The van der Waals surface area contributed by atoms with Crippen LogP contribution in [0.15, 0.2) is 60.8 Å². The molecule has 1 aliphatic carbocycles. The van der Waals surface area contributed by atoms with Crippen molar-refractivity contribution in [2.75, 3.05) is 43.9 Å². The summed E-state index contributed by atoms with van der Waals surface area (Å²) in [6.45, 7) is 7.16. The van der Waals surface area contributed by atoms with Crippen LogP contribution in [0.3, 0.4) is 0 Å². The average molecular weight is 547 g/mol. The van der Waals surface area contributed by atoms with Crippen LogP contribution in [0.25, 0.3) is 21.9 Å². The summed E-state index contributed by atoms with van der Waals surface area (Å²) in [7, 11) is 2.16. The number of aromatic nitrogens is 4. The fourth-order valence-electron chi connectivity index (χ4n) is 5.54. The van der Waals surface area contributed by atoms with Gasteiger partial charge in [-0.2, -0.15) is 0 Å². The van der Waals surface area contributed by atoms with Gasteiger partial charge in [-0.3, -0.25) is 9.69 Å². The Morgan fingerprint density at radius 3 is 2.63 bits per heavy atom. The molecule has 0 atom stereocenters. The van der Waals surface area contributed by atoms with Gasteiger partial charge in [0.15, 0.2) is 0 Å². The minimum Gasteiger partial charge on any atom is -0.342 e. The van der Waals surface area contributed by atoms with Crippen molar-refractivity contribution in [3.8, 4) is 0 Å². The van der Waals surface area contributed by atoms with Gasteiger partial charge in [-0.05, 0) is 62.2 Å². The minimum absolute atomic E-state index is 0.195. The zero-order chi connectivity index (χ0) is 27.9. The molecule has 0 radical (unpaired) electrons. The van der Waals surface area contributed by atoms with Gasteiger partial charge in [-0.1, -0.05) is 30.3 Å². The van der Waals surface area contributed by atoms with Crippen LogP contribution in [0.4, 0.5) is 17.3 Å². The van der Waals surface area contributed by atoms with Gasteiger partial charge < -0.3 is 20.5 Å². The standard InChI is InChI=1S/C32H34N8O/c1-20-5-3-7-23-18-33-32(38-28(20)23)35-25-16-26(29-27(17-25)36-30(37-29)22-9-10-22)31(41)34-24-8-4-6-21(15-24)19-40-13-11-39(2)12-14-40/h3-8,15-18,22H,9-14,19H2,1-2H3,(H,34,41)(H,36,37)(H,33,35,38). The van der Waals surface area contributed by atoms with Crippen LogP contribution in [-0.2, 0) is 6.54 Å². The fourth-order valence-corrected chi connectivity index (χ4v) is 5.54. The molecule has 1 aliphatic heterocycles. The third-order valence-electron chi connectivity index (χ3n) is 8.07. The normalized spacial score (nSPS) is 16.3. The Balaban J connectivity index is 1.17. The Hall–Kier alpha value is -4.34. The van der Waals surface area contributed by atoms with E-state index in [9.17, 15) is 4.79 Å². The zero-order valence-electron chi connectivity index (χ0n) is 23.4. The quantitative estimate of drug-likeness (QED) is 0.250. The monoisotopic (exact) mass is 546 g/mol. The molecule has 5 aromatic rings. The number of imidazole rings is 1. The van der Waals surface area contributed by atoms with Gasteiger partial charge in [-0.25, -0.2) is 15.0 Å². The van der Waals surface area contributed by atoms with E-state index in [0.717, 1.165) is 84.7 Å². The number of nitrogens with one attached hydrogen (secondary N) is 3. The van der Waals surface area contributed by atoms with Crippen molar-refractivity contribution in [3.63, 3.8) is 0 Å². The summed E-state index contributed by atoms with van der Waals surface area (Å²) in [5.41, 5.74) is 6.69. The highest BCUT2D eigenvalue weighted by molar-refractivity contribution is 6.12. The number of fused-ring (bicyclic) bond motifs is 2. The minimum atomic E-state index is -0.195. The number of H-pyrrole nitrogens is 1. The van der Waals surface area contributed by atoms with Crippen LogP contribution in [0, 0.1) is 6.92 Å². The summed E-state index contributed by atoms with van der Waals surface area (Å²) < 4.78 is 0.